The van der Waals surface area contributed by atoms with E-state index in [-0.39, 0.29) is 30.4 Å². The van der Waals surface area contributed by atoms with Crippen LogP contribution in [0.15, 0.2) is 18.2 Å². The average Bonchev–Trinajstić information content (AvgIpc) is 2.47. The van der Waals surface area contributed by atoms with E-state index in [9.17, 15) is 14.0 Å². The summed E-state index contributed by atoms with van der Waals surface area (Å²) < 4.78 is 19.1. The summed E-state index contributed by atoms with van der Waals surface area (Å²) in [4.78, 5) is 24.6. The minimum Gasteiger partial charge on any atom is -0.370 e. The van der Waals surface area contributed by atoms with Gasteiger partial charge in [0.25, 0.3) is 5.91 Å². The summed E-state index contributed by atoms with van der Waals surface area (Å²) in [7, 11) is 0. The van der Waals surface area contributed by atoms with Gasteiger partial charge in [-0.15, -0.1) is 0 Å². The lowest BCUT2D eigenvalue weighted by Gasteiger charge is -2.27. The number of carbonyl (C=O) groups excluding carboxylic acids is 2. The van der Waals surface area contributed by atoms with Gasteiger partial charge in [0.1, 0.15) is 12.4 Å². The molecule has 0 aromatic heterocycles. The van der Waals surface area contributed by atoms with Crippen LogP contribution in [0.1, 0.15) is 0 Å². The maximum absolute atomic E-state index is 14.1. The quantitative estimate of drug-likeness (QED) is 0.688. The molecule has 0 aliphatic carbocycles. The van der Waals surface area contributed by atoms with Gasteiger partial charge in [-0.2, -0.15) is 0 Å². The number of ether oxygens (including phenoxy) is 1. The molecule has 8 heteroatoms. The zero-order chi connectivity index (χ0) is 15.4. The van der Waals surface area contributed by atoms with E-state index < -0.39 is 17.8 Å². The van der Waals surface area contributed by atoms with Crippen LogP contribution < -0.4 is 21.7 Å². The van der Waals surface area contributed by atoms with Gasteiger partial charge in [0.2, 0.25) is 5.91 Å². The van der Waals surface area contributed by atoms with E-state index in [2.05, 4.69) is 5.32 Å². The van der Waals surface area contributed by atoms with Crippen molar-refractivity contribution < 1.29 is 18.7 Å². The minimum atomic E-state index is -0.853. The van der Waals surface area contributed by atoms with Crippen molar-refractivity contribution in [2.45, 2.75) is 6.04 Å². The standard InChI is InChI=1S/C13H17FN4O3/c14-9-5-8(17-13(20)10(16)6-15)1-2-11(9)18-3-4-21-7-12(18)19/h1-2,5,10H,3-4,6-7,15-16H2,(H,17,20)/t10-/m0/s1. The summed E-state index contributed by atoms with van der Waals surface area (Å²) >= 11 is 0. The number of carbonyl (C=O) groups is 2. The highest BCUT2D eigenvalue weighted by atomic mass is 19.1. The summed E-state index contributed by atoms with van der Waals surface area (Å²) in [5.41, 5.74) is 11.2. The van der Waals surface area contributed by atoms with Gasteiger partial charge in [0.05, 0.1) is 18.3 Å². The van der Waals surface area contributed by atoms with Crippen molar-refractivity contribution in [1.82, 2.24) is 0 Å². The number of anilines is 2. The second-order valence-electron chi connectivity index (χ2n) is 4.60. The fourth-order valence-electron chi connectivity index (χ4n) is 1.92. The van der Waals surface area contributed by atoms with Gasteiger partial charge < -0.3 is 26.4 Å². The van der Waals surface area contributed by atoms with E-state index >= 15 is 0 Å². The number of nitrogens with two attached hydrogens (primary N) is 2. The Bertz CT molecular complexity index is 552. The number of nitrogens with zero attached hydrogens (tertiary/aromatic N) is 1. The molecule has 1 aliphatic heterocycles. The number of benzene rings is 1. The fraction of sp³-hybridized carbons (Fsp3) is 0.385. The fourth-order valence-corrected chi connectivity index (χ4v) is 1.92. The van der Waals surface area contributed by atoms with Gasteiger partial charge in [0, 0.05) is 18.8 Å². The Morgan fingerprint density at radius 3 is 2.90 bits per heavy atom. The molecule has 1 atom stereocenters. The van der Waals surface area contributed by atoms with Gasteiger partial charge in [0.15, 0.2) is 0 Å². The van der Waals surface area contributed by atoms with Crippen molar-refractivity contribution in [3.8, 4) is 0 Å². The van der Waals surface area contributed by atoms with Crippen molar-refractivity contribution >= 4 is 23.2 Å². The summed E-state index contributed by atoms with van der Waals surface area (Å²) in [6.45, 7) is 0.576. The molecule has 2 rings (SSSR count). The second-order valence-corrected chi connectivity index (χ2v) is 4.60. The smallest absolute Gasteiger partial charge is 0.253 e. The molecule has 1 saturated heterocycles. The SMILES string of the molecule is NC[C@H](N)C(=O)Nc1ccc(N2CCOCC2=O)c(F)c1. The average molecular weight is 296 g/mol. The maximum Gasteiger partial charge on any atom is 0.253 e. The monoisotopic (exact) mass is 296 g/mol. The molecule has 1 aliphatic rings. The van der Waals surface area contributed by atoms with E-state index in [0.717, 1.165) is 6.07 Å². The normalized spacial score (nSPS) is 16.7. The van der Waals surface area contributed by atoms with Gasteiger partial charge in [-0.05, 0) is 18.2 Å². The van der Waals surface area contributed by atoms with Crippen LogP contribution in [0.25, 0.3) is 0 Å². The van der Waals surface area contributed by atoms with Crippen molar-refractivity contribution in [3.05, 3.63) is 24.0 Å². The maximum atomic E-state index is 14.1. The van der Waals surface area contributed by atoms with E-state index in [0.29, 0.717) is 13.2 Å². The highest BCUT2D eigenvalue weighted by molar-refractivity contribution is 5.97. The summed E-state index contributed by atoms with van der Waals surface area (Å²) in [6.07, 6.45) is 0. The summed E-state index contributed by atoms with van der Waals surface area (Å²) in [5, 5.41) is 2.46. The van der Waals surface area contributed by atoms with Crippen molar-refractivity contribution in [2.75, 3.05) is 36.5 Å². The minimum absolute atomic E-state index is 0.00528. The van der Waals surface area contributed by atoms with Crippen LogP contribution in [0, 0.1) is 5.82 Å². The number of amides is 2. The Labute approximate surface area is 121 Å². The van der Waals surface area contributed by atoms with Gasteiger partial charge >= 0.3 is 0 Å². The van der Waals surface area contributed by atoms with Crippen LogP contribution in [-0.4, -0.2) is 44.2 Å². The summed E-state index contributed by atoms with van der Waals surface area (Å²) in [5.74, 6) is -1.40. The zero-order valence-corrected chi connectivity index (χ0v) is 11.3. The number of hydrogen-bond acceptors (Lipinski definition) is 5. The Balaban J connectivity index is 2.14. The Morgan fingerprint density at radius 1 is 1.52 bits per heavy atom. The van der Waals surface area contributed by atoms with Crippen LogP contribution >= 0.6 is 0 Å². The van der Waals surface area contributed by atoms with Crippen LogP contribution in [0.2, 0.25) is 0 Å². The predicted molar refractivity (Wildman–Crippen MR) is 75.2 cm³/mol. The van der Waals surface area contributed by atoms with Crippen molar-refractivity contribution in [3.63, 3.8) is 0 Å². The van der Waals surface area contributed by atoms with Crippen molar-refractivity contribution in [2.24, 2.45) is 11.5 Å². The Hall–Kier alpha value is -2.03. The third kappa shape index (κ3) is 3.54. The number of hydrogen-bond donors (Lipinski definition) is 3. The largest absolute Gasteiger partial charge is 0.370 e. The van der Waals surface area contributed by atoms with E-state index in [1.165, 1.54) is 17.0 Å². The van der Waals surface area contributed by atoms with Crippen molar-refractivity contribution in [1.29, 1.82) is 0 Å². The van der Waals surface area contributed by atoms with Crippen LogP contribution in [0.3, 0.4) is 0 Å². The third-order valence-corrected chi connectivity index (χ3v) is 3.08. The molecule has 1 fully saturated rings. The summed E-state index contributed by atoms with van der Waals surface area (Å²) in [6, 6.07) is 3.22. The number of nitrogens with one attached hydrogen (secondary N) is 1. The molecule has 1 aromatic rings. The molecule has 5 N–H and O–H groups in total. The molecule has 7 nitrogen and oxygen atoms in total. The van der Waals surface area contributed by atoms with Gasteiger partial charge in [-0.1, -0.05) is 0 Å². The molecule has 21 heavy (non-hydrogen) atoms. The van der Waals surface area contributed by atoms with E-state index in [1.54, 1.807) is 0 Å². The van der Waals surface area contributed by atoms with Crippen LogP contribution in [0.4, 0.5) is 15.8 Å². The molecule has 0 saturated carbocycles. The lowest BCUT2D eigenvalue weighted by molar-refractivity contribution is -0.125. The zero-order valence-electron chi connectivity index (χ0n) is 11.3. The number of halogens is 1. The molecule has 0 unspecified atom stereocenters. The first-order valence-corrected chi connectivity index (χ1v) is 6.47. The lowest BCUT2D eigenvalue weighted by Crippen LogP contribution is -2.42. The van der Waals surface area contributed by atoms with E-state index in [1.807, 2.05) is 0 Å². The van der Waals surface area contributed by atoms with Gasteiger partial charge in [-0.3, -0.25) is 9.59 Å². The highest BCUT2D eigenvalue weighted by Crippen LogP contribution is 2.24. The lowest BCUT2D eigenvalue weighted by atomic mass is 10.2. The molecule has 2 amide bonds. The highest BCUT2D eigenvalue weighted by Gasteiger charge is 2.23. The first kappa shape index (κ1) is 15.4. The first-order chi connectivity index (χ1) is 10.0. The molecule has 0 bridgehead atoms. The van der Waals surface area contributed by atoms with E-state index in [4.69, 9.17) is 16.2 Å². The molecule has 0 spiro atoms. The molecule has 1 heterocycles. The first-order valence-electron chi connectivity index (χ1n) is 6.47. The number of morpholine rings is 1. The number of rotatable bonds is 4. The molecular weight excluding hydrogens is 279 g/mol. The predicted octanol–water partition coefficient (Wildman–Crippen LogP) is -0.587. The third-order valence-electron chi connectivity index (χ3n) is 3.08. The molecule has 0 radical (unpaired) electrons. The second kappa shape index (κ2) is 6.61. The molecule has 114 valence electrons. The molecular formula is C13H17FN4O3. The topological polar surface area (TPSA) is 111 Å². The Kier molecular flexibility index (Phi) is 4.84. The molecule has 1 aromatic carbocycles. The van der Waals surface area contributed by atoms with Crippen LogP contribution in [0.5, 0.6) is 0 Å². The van der Waals surface area contributed by atoms with Gasteiger partial charge in [-0.25, -0.2) is 4.39 Å². The van der Waals surface area contributed by atoms with Crippen LogP contribution in [-0.2, 0) is 14.3 Å². The Morgan fingerprint density at radius 2 is 2.29 bits per heavy atom.